The SMILES string of the molecule is N#CO[B]NC(=O)NCN1CCNC1=O. The molecule has 0 unspecified atom stereocenters. The van der Waals surface area contributed by atoms with Crippen molar-refractivity contribution in [1.82, 2.24) is 20.8 Å². The number of rotatable bonds is 4. The highest BCUT2D eigenvalue weighted by molar-refractivity contribution is 6.29. The first kappa shape index (κ1) is 11.0. The highest BCUT2D eigenvalue weighted by Gasteiger charge is 2.19. The van der Waals surface area contributed by atoms with Gasteiger partial charge in [0, 0.05) is 13.1 Å². The van der Waals surface area contributed by atoms with Gasteiger partial charge >= 0.3 is 19.7 Å². The molecule has 1 heterocycles. The van der Waals surface area contributed by atoms with E-state index >= 15 is 0 Å². The zero-order valence-corrected chi connectivity index (χ0v) is 7.82. The molecule has 79 valence electrons. The molecule has 0 aromatic heterocycles. The fourth-order valence-corrected chi connectivity index (χ4v) is 0.990. The number of carbonyl (C=O) groups excluding carboxylic acids is 2. The predicted molar refractivity (Wildman–Crippen MR) is 49.1 cm³/mol. The minimum absolute atomic E-state index is 0.109. The first-order valence-electron chi connectivity index (χ1n) is 4.17. The van der Waals surface area contributed by atoms with E-state index in [0.29, 0.717) is 13.1 Å². The largest absolute Gasteiger partial charge is 0.533 e. The summed E-state index contributed by atoms with van der Waals surface area (Å²) in [6, 6.07) is -0.766. The van der Waals surface area contributed by atoms with Gasteiger partial charge in [-0.05, 0) is 0 Å². The second-order valence-electron chi connectivity index (χ2n) is 2.63. The van der Waals surface area contributed by atoms with Crippen LogP contribution in [0.4, 0.5) is 9.59 Å². The second kappa shape index (κ2) is 5.59. The van der Waals surface area contributed by atoms with Gasteiger partial charge in [-0.2, -0.15) is 5.26 Å². The number of hydrogen-bond donors (Lipinski definition) is 3. The zero-order valence-electron chi connectivity index (χ0n) is 7.82. The quantitative estimate of drug-likeness (QED) is 0.292. The van der Waals surface area contributed by atoms with Crippen LogP contribution in [-0.4, -0.2) is 44.3 Å². The van der Waals surface area contributed by atoms with Gasteiger partial charge in [0.05, 0.1) is 6.67 Å². The topological polar surface area (TPSA) is 106 Å². The van der Waals surface area contributed by atoms with Crippen LogP contribution in [-0.2, 0) is 4.65 Å². The Labute approximate surface area is 86.8 Å². The highest BCUT2D eigenvalue weighted by Crippen LogP contribution is 1.92. The lowest BCUT2D eigenvalue weighted by atomic mass is 10.3. The molecule has 3 N–H and O–H groups in total. The molecule has 9 heteroatoms. The second-order valence-corrected chi connectivity index (χ2v) is 2.63. The van der Waals surface area contributed by atoms with Crippen LogP contribution in [0.2, 0.25) is 0 Å². The van der Waals surface area contributed by atoms with Gasteiger partial charge in [0.15, 0.2) is 0 Å². The highest BCUT2D eigenvalue weighted by atomic mass is 16.4. The summed E-state index contributed by atoms with van der Waals surface area (Å²) in [7, 11) is 0.847. The van der Waals surface area contributed by atoms with Crippen LogP contribution >= 0.6 is 0 Å². The van der Waals surface area contributed by atoms with Gasteiger partial charge in [-0.25, -0.2) is 4.79 Å². The number of nitriles is 1. The fraction of sp³-hybridized carbons (Fsp3) is 0.500. The number of amides is 4. The summed E-state index contributed by atoms with van der Waals surface area (Å²) in [5.74, 6) is 0. The van der Waals surface area contributed by atoms with Gasteiger partial charge in [0.1, 0.15) is 0 Å². The van der Waals surface area contributed by atoms with Crippen molar-refractivity contribution in [1.29, 1.82) is 5.26 Å². The molecular formula is C6H9BN5O3. The molecule has 0 saturated carbocycles. The Hall–Kier alpha value is -2.11. The van der Waals surface area contributed by atoms with Crippen LogP contribution in [0.25, 0.3) is 0 Å². The van der Waals surface area contributed by atoms with Gasteiger partial charge in [-0.15, -0.1) is 0 Å². The molecule has 8 nitrogen and oxygen atoms in total. The van der Waals surface area contributed by atoms with E-state index in [-0.39, 0.29) is 12.7 Å². The van der Waals surface area contributed by atoms with Crippen molar-refractivity contribution in [3.05, 3.63) is 0 Å². The minimum Gasteiger partial charge on any atom is -0.474 e. The van der Waals surface area contributed by atoms with Crippen molar-refractivity contribution in [3.8, 4) is 6.26 Å². The molecular weight excluding hydrogens is 201 g/mol. The number of hydrogen-bond acceptors (Lipinski definition) is 4. The minimum atomic E-state index is -0.551. The van der Waals surface area contributed by atoms with Crippen LogP contribution in [0.3, 0.4) is 0 Å². The fourth-order valence-electron chi connectivity index (χ4n) is 0.990. The molecule has 0 aromatic rings. The summed E-state index contributed by atoms with van der Waals surface area (Å²) in [4.78, 5) is 23.4. The van der Waals surface area contributed by atoms with E-state index in [1.807, 2.05) is 0 Å². The summed E-state index contributed by atoms with van der Waals surface area (Å²) in [6.45, 7) is 1.24. The lowest BCUT2D eigenvalue weighted by molar-refractivity contribution is 0.211. The molecule has 1 radical (unpaired) electrons. The summed E-state index contributed by atoms with van der Waals surface area (Å²) in [6.07, 6.45) is 1.35. The molecule has 4 amide bonds. The van der Waals surface area contributed by atoms with Crippen molar-refractivity contribution in [2.45, 2.75) is 0 Å². The third-order valence-electron chi connectivity index (χ3n) is 1.68. The summed E-state index contributed by atoms with van der Waals surface area (Å²) in [5.41, 5.74) is 0. The molecule has 0 aliphatic carbocycles. The first-order valence-corrected chi connectivity index (χ1v) is 4.17. The summed E-state index contributed by atoms with van der Waals surface area (Å²) >= 11 is 0. The molecule has 1 aliphatic rings. The monoisotopic (exact) mass is 210 g/mol. The van der Waals surface area contributed by atoms with Crippen LogP contribution < -0.4 is 15.9 Å². The molecule has 0 atom stereocenters. The van der Waals surface area contributed by atoms with Crippen molar-refractivity contribution in [2.24, 2.45) is 0 Å². The Kier molecular flexibility index (Phi) is 4.09. The maximum Gasteiger partial charge on any atom is 0.533 e. The number of nitrogens with one attached hydrogen (secondary N) is 3. The third kappa shape index (κ3) is 3.64. The first-order chi connectivity index (χ1) is 7.24. The van der Waals surface area contributed by atoms with Crippen LogP contribution in [0, 0.1) is 11.5 Å². The average molecular weight is 210 g/mol. The Morgan fingerprint density at radius 2 is 2.60 bits per heavy atom. The average Bonchev–Trinajstić information content (AvgIpc) is 2.61. The lowest BCUT2D eigenvalue weighted by Crippen LogP contribution is -2.45. The zero-order chi connectivity index (χ0) is 11.1. The van der Waals surface area contributed by atoms with Crippen molar-refractivity contribution in [2.75, 3.05) is 19.8 Å². The number of urea groups is 2. The molecule has 1 rings (SSSR count). The number of carbonyl (C=O) groups is 2. The van der Waals surface area contributed by atoms with Crippen molar-refractivity contribution < 1.29 is 14.2 Å². The van der Waals surface area contributed by atoms with Crippen LogP contribution in [0.1, 0.15) is 0 Å². The molecule has 0 spiro atoms. The normalized spacial score (nSPS) is 13.8. The predicted octanol–water partition coefficient (Wildman–Crippen LogP) is -1.70. The van der Waals surface area contributed by atoms with E-state index in [1.165, 1.54) is 11.2 Å². The van der Waals surface area contributed by atoms with E-state index in [2.05, 4.69) is 20.5 Å². The van der Waals surface area contributed by atoms with Crippen LogP contribution in [0.15, 0.2) is 0 Å². The molecule has 1 fully saturated rings. The molecule has 1 saturated heterocycles. The van der Waals surface area contributed by atoms with Gasteiger partial charge in [0.25, 0.3) is 6.26 Å². The Morgan fingerprint density at radius 1 is 1.80 bits per heavy atom. The summed E-state index contributed by atoms with van der Waals surface area (Å²) < 4.78 is 4.11. The molecule has 0 bridgehead atoms. The van der Waals surface area contributed by atoms with E-state index in [9.17, 15) is 9.59 Å². The smallest absolute Gasteiger partial charge is 0.474 e. The third-order valence-corrected chi connectivity index (χ3v) is 1.68. The maximum atomic E-state index is 11.0. The van der Waals surface area contributed by atoms with E-state index in [1.54, 1.807) is 0 Å². The van der Waals surface area contributed by atoms with Crippen molar-refractivity contribution in [3.63, 3.8) is 0 Å². The lowest BCUT2D eigenvalue weighted by Gasteiger charge is -2.14. The maximum absolute atomic E-state index is 11.0. The molecule has 1 aliphatic heterocycles. The number of nitrogens with zero attached hydrogens (tertiary/aromatic N) is 2. The Bertz CT molecular complexity index is 291. The van der Waals surface area contributed by atoms with Crippen molar-refractivity contribution >= 4 is 19.7 Å². The Balaban J connectivity index is 2.11. The van der Waals surface area contributed by atoms with E-state index in [4.69, 9.17) is 5.26 Å². The van der Waals surface area contributed by atoms with Crippen LogP contribution in [0.5, 0.6) is 0 Å². The standard InChI is InChI=1S/C6H9BN5O3/c8-3-15-7-11-5(13)10-4-12-2-1-9-6(12)14/h1-2,4H2,(H,9,14)(H2,10,11,13). The van der Waals surface area contributed by atoms with E-state index < -0.39 is 6.03 Å². The van der Waals surface area contributed by atoms with Gasteiger partial charge in [-0.1, -0.05) is 0 Å². The molecule has 0 aromatic carbocycles. The Morgan fingerprint density at radius 3 is 3.20 bits per heavy atom. The van der Waals surface area contributed by atoms with E-state index in [0.717, 1.165) is 7.62 Å². The summed E-state index contributed by atoms with van der Waals surface area (Å²) in [5, 5.41) is 15.1. The van der Waals surface area contributed by atoms with Gasteiger partial charge in [-0.3, -0.25) is 4.79 Å². The van der Waals surface area contributed by atoms with Gasteiger partial charge in [0.2, 0.25) is 0 Å². The molecule has 15 heavy (non-hydrogen) atoms. The van der Waals surface area contributed by atoms with Gasteiger partial charge < -0.3 is 25.4 Å².